The summed E-state index contributed by atoms with van der Waals surface area (Å²) < 4.78 is 37.1. The van der Waals surface area contributed by atoms with Gasteiger partial charge in [0.2, 0.25) is 0 Å². The van der Waals surface area contributed by atoms with Crippen molar-refractivity contribution in [2.75, 3.05) is 0 Å². The van der Waals surface area contributed by atoms with Crippen molar-refractivity contribution in [2.24, 2.45) is 0 Å². The van der Waals surface area contributed by atoms with Crippen LogP contribution in [0.2, 0.25) is 0 Å². The van der Waals surface area contributed by atoms with Crippen LogP contribution in [0.5, 0.6) is 0 Å². The van der Waals surface area contributed by atoms with Crippen LogP contribution in [0.1, 0.15) is 25.0 Å². The summed E-state index contributed by atoms with van der Waals surface area (Å²) in [7, 11) is 0. The standard InChI is InChI=1S/C9H7F3N2.C2H6/c1-5-2-6(9(10,11)12)3-8-7(5)4-13-14-8;1-2/h2-4H,1H3,(H,13,14);1-2H3. The fourth-order valence-electron chi connectivity index (χ4n) is 1.39. The molecule has 0 saturated carbocycles. The van der Waals surface area contributed by atoms with E-state index in [1.54, 1.807) is 6.92 Å². The summed E-state index contributed by atoms with van der Waals surface area (Å²) in [4.78, 5) is 0. The van der Waals surface area contributed by atoms with E-state index >= 15 is 0 Å². The van der Waals surface area contributed by atoms with Crippen LogP contribution >= 0.6 is 0 Å². The first-order valence-corrected chi connectivity index (χ1v) is 4.99. The van der Waals surface area contributed by atoms with Gasteiger partial charge in [0.05, 0.1) is 17.3 Å². The van der Waals surface area contributed by atoms with Crippen molar-refractivity contribution < 1.29 is 13.2 Å². The topological polar surface area (TPSA) is 28.7 Å². The van der Waals surface area contributed by atoms with E-state index in [2.05, 4.69) is 10.2 Å². The Morgan fingerprint density at radius 3 is 2.38 bits per heavy atom. The highest BCUT2D eigenvalue weighted by molar-refractivity contribution is 5.82. The molecular weight excluding hydrogens is 217 g/mol. The average Bonchev–Trinajstić information content (AvgIpc) is 2.68. The van der Waals surface area contributed by atoms with E-state index in [-0.39, 0.29) is 0 Å². The largest absolute Gasteiger partial charge is 0.416 e. The van der Waals surface area contributed by atoms with Crippen LogP contribution in [0.25, 0.3) is 10.9 Å². The molecule has 0 radical (unpaired) electrons. The van der Waals surface area contributed by atoms with E-state index in [0.717, 1.165) is 17.5 Å². The van der Waals surface area contributed by atoms with E-state index in [1.165, 1.54) is 6.20 Å². The van der Waals surface area contributed by atoms with E-state index in [0.29, 0.717) is 11.1 Å². The van der Waals surface area contributed by atoms with Crippen molar-refractivity contribution in [3.8, 4) is 0 Å². The number of aromatic amines is 1. The number of hydrogen-bond acceptors (Lipinski definition) is 1. The molecule has 0 aliphatic rings. The Balaban J connectivity index is 0.000000606. The highest BCUT2D eigenvalue weighted by atomic mass is 19.4. The second-order valence-corrected chi connectivity index (χ2v) is 3.12. The van der Waals surface area contributed by atoms with Crippen molar-refractivity contribution >= 4 is 10.9 Å². The smallest absolute Gasteiger partial charge is 0.278 e. The Bertz CT molecular complexity index is 472. The lowest BCUT2D eigenvalue weighted by Crippen LogP contribution is -2.04. The number of nitrogens with zero attached hydrogens (tertiary/aromatic N) is 1. The van der Waals surface area contributed by atoms with Gasteiger partial charge < -0.3 is 0 Å². The minimum absolute atomic E-state index is 0.414. The summed E-state index contributed by atoms with van der Waals surface area (Å²) in [5.41, 5.74) is 0.340. The summed E-state index contributed by atoms with van der Waals surface area (Å²) in [5, 5.41) is 6.94. The number of rotatable bonds is 0. The van der Waals surface area contributed by atoms with Gasteiger partial charge in [0.15, 0.2) is 0 Å². The molecule has 0 saturated heterocycles. The number of halogens is 3. The third-order valence-electron chi connectivity index (χ3n) is 2.09. The van der Waals surface area contributed by atoms with Gasteiger partial charge in [0.25, 0.3) is 0 Å². The number of hydrogen-bond donors (Lipinski definition) is 1. The zero-order valence-electron chi connectivity index (χ0n) is 9.31. The molecule has 0 amide bonds. The Kier molecular flexibility index (Phi) is 3.57. The fourth-order valence-corrected chi connectivity index (χ4v) is 1.39. The highest BCUT2D eigenvalue weighted by Gasteiger charge is 2.31. The summed E-state index contributed by atoms with van der Waals surface area (Å²) in [6, 6.07) is 2.19. The van der Waals surface area contributed by atoms with Gasteiger partial charge in [-0.15, -0.1) is 0 Å². The van der Waals surface area contributed by atoms with Crippen molar-refractivity contribution in [2.45, 2.75) is 26.9 Å². The van der Waals surface area contributed by atoms with Crippen LogP contribution in [-0.4, -0.2) is 10.2 Å². The molecule has 2 aromatic rings. The predicted octanol–water partition coefficient (Wildman–Crippen LogP) is 3.92. The SMILES string of the molecule is CC.Cc1cc(C(F)(F)F)cc2[nH]ncc12. The van der Waals surface area contributed by atoms with Gasteiger partial charge in [-0.1, -0.05) is 13.8 Å². The van der Waals surface area contributed by atoms with Crippen LogP contribution in [-0.2, 0) is 6.18 Å². The Labute approximate surface area is 91.5 Å². The third-order valence-corrected chi connectivity index (χ3v) is 2.09. The molecule has 0 unspecified atom stereocenters. The number of H-pyrrole nitrogens is 1. The molecule has 1 aromatic carbocycles. The van der Waals surface area contributed by atoms with Crippen LogP contribution in [0.3, 0.4) is 0 Å². The molecule has 2 rings (SSSR count). The molecule has 0 spiro atoms. The lowest BCUT2D eigenvalue weighted by Gasteiger charge is -2.07. The maximum absolute atomic E-state index is 12.4. The molecule has 1 N–H and O–H groups in total. The molecular formula is C11H13F3N2. The van der Waals surface area contributed by atoms with Gasteiger partial charge in [-0.25, -0.2) is 0 Å². The Morgan fingerprint density at radius 1 is 1.19 bits per heavy atom. The van der Waals surface area contributed by atoms with Gasteiger partial charge in [-0.3, -0.25) is 5.10 Å². The minimum Gasteiger partial charge on any atom is -0.278 e. The zero-order chi connectivity index (χ0) is 12.3. The monoisotopic (exact) mass is 230 g/mol. The zero-order valence-corrected chi connectivity index (χ0v) is 9.31. The normalized spacial score (nSPS) is 11.1. The molecule has 5 heteroatoms. The van der Waals surface area contributed by atoms with E-state index in [9.17, 15) is 13.2 Å². The lowest BCUT2D eigenvalue weighted by molar-refractivity contribution is -0.137. The maximum atomic E-state index is 12.4. The van der Waals surface area contributed by atoms with E-state index in [4.69, 9.17) is 0 Å². The van der Waals surface area contributed by atoms with Crippen LogP contribution < -0.4 is 0 Å². The summed E-state index contributed by atoms with van der Waals surface area (Å²) >= 11 is 0. The maximum Gasteiger partial charge on any atom is 0.416 e. The molecule has 16 heavy (non-hydrogen) atoms. The van der Waals surface area contributed by atoms with Crippen molar-refractivity contribution in [1.82, 2.24) is 10.2 Å². The second kappa shape index (κ2) is 4.55. The van der Waals surface area contributed by atoms with Gasteiger partial charge in [-0.05, 0) is 24.6 Å². The quantitative estimate of drug-likeness (QED) is 0.730. The summed E-state index contributed by atoms with van der Waals surface area (Å²) in [6.45, 7) is 5.63. The average molecular weight is 230 g/mol. The van der Waals surface area contributed by atoms with Gasteiger partial charge in [0, 0.05) is 5.39 Å². The molecule has 0 bridgehead atoms. The molecule has 1 heterocycles. The number of fused-ring (bicyclic) bond motifs is 1. The molecule has 0 fully saturated rings. The number of aryl methyl sites for hydroxylation is 1. The highest BCUT2D eigenvalue weighted by Crippen LogP contribution is 2.32. The first-order chi connectivity index (χ1) is 7.48. The lowest BCUT2D eigenvalue weighted by atomic mass is 10.1. The first-order valence-electron chi connectivity index (χ1n) is 4.99. The number of aromatic nitrogens is 2. The molecule has 0 aliphatic carbocycles. The summed E-state index contributed by atoms with van der Waals surface area (Å²) in [5.74, 6) is 0. The molecule has 1 aromatic heterocycles. The second-order valence-electron chi connectivity index (χ2n) is 3.12. The van der Waals surface area contributed by atoms with Gasteiger partial charge in [0.1, 0.15) is 0 Å². The summed E-state index contributed by atoms with van der Waals surface area (Å²) in [6.07, 6.45) is -2.78. The van der Waals surface area contributed by atoms with Crippen LogP contribution in [0, 0.1) is 6.92 Å². The molecule has 88 valence electrons. The van der Waals surface area contributed by atoms with E-state index < -0.39 is 11.7 Å². The van der Waals surface area contributed by atoms with E-state index in [1.807, 2.05) is 13.8 Å². The van der Waals surface area contributed by atoms with Crippen LogP contribution in [0.4, 0.5) is 13.2 Å². The Morgan fingerprint density at radius 2 is 1.81 bits per heavy atom. The fraction of sp³-hybridized carbons (Fsp3) is 0.364. The van der Waals surface area contributed by atoms with Crippen molar-refractivity contribution in [1.29, 1.82) is 0 Å². The van der Waals surface area contributed by atoms with Gasteiger partial charge in [-0.2, -0.15) is 18.3 Å². The van der Waals surface area contributed by atoms with Gasteiger partial charge >= 0.3 is 6.18 Å². The minimum atomic E-state index is -4.30. The molecule has 0 atom stereocenters. The van der Waals surface area contributed by atoms with Crippen molar-refractivity contribution in [3.63, 3.8) is 0 Å². The van der Waals surface area contributed by atoms with Crippen molar-refractivity contribution in [3.05, 3.63) is 29.5 Å². The Hall–Kier alpha value is -1.52. The number of alkyl halides is 3. The molecule has 0 aliphatic heterocycles. The first kappa shape index (κ1) is 12.5. The van der Waals surface area contributed by atoms with Crippen LogP contribution in [0.15, 0.2) is 18.3 Å². The molecule has 2 nitrogen and oxygen atoms in total. The number of benzene rings is 1. The third kappa shape index (κ3) is 2.35. The number of nitrogens with one attached hydrogen (secondary N) is 1. The predicted molar refractivity (Wildman–Crippen MR) is 57.2 cm³/mol.